The molecule has 2 aromatic heterocycles. The van der Waals surface area contributed by atoms with E-state index in [1.807, 2.05) is 12.1 Å². The number of nitrogens with zero attached hydrogens (tertiary/aromatic N) is 2. The summed E-state index contributed by atoms with van der Waals surface area (Å²) in [6, 6.07) is 19.3. The average Bonchev–Trinajstić information content (AvgIpc) is 3.44. The molecule has 38 heavy (non-hydrogen) atoms. The Kier molecular flexibility index (Phi) is 6.81. The minimum atomic E-state index is -3.84. The molecule has 0 saturated heterocycles. The first-order valence-corrected chi connectivity index (χ1v) is 14.1. The van der Waals surface area contributed by atoms with Crippen molar-refractivity contribution in [2.75, 3.05) is 6.26 Å². The number of amides is 1. The van der Waals surface area contributed by atoms with Gasteiger partial charge < -0.3 is 4.98 Å². The highest BCUT2D eigenvalue weighted by molar-refractivity contribution is 7.89. The van der Waals surface area contributed by atoms with E-state index in [2.05, 4.69) is 33.9 Å². The van der Waals surface area contributed by atoms with Crippen molar-refractivity contribution in [1.29, 1.82) is 0 Å². The van der Waals surface area contributed by atoms with Gasteiger partial charge in [0.25, 0.3) is 5.91 Å². The Morgan fingerprint density at radius 3 is 2.39 bits per heavy atom. The van der Waals surface area contributed by atoms with Gasteiger partial charge in [-0.25, -0.2) is 17.5 Å². The van der Waals surface area contributed by atoms with E-state index < -0.39 is 15.9 Å². The molecule has 10 heteroatoms. The molecule has 0 radical (unpaired) electrons. The highest BCUT2D eigenvalue weighted by Gasteiger charge is 2.27. The maximum absolute atomic E-state index is 13.8. The summed E-state index contributed by atoms with van der Waals surface area (Å²) in [7, 11) is -3.84. The summed E-state index contributed by atoms with van der Waals surface area (Å²) in [5, 5.41) is 5.74. The van der Waals surface area contributed by atoms with Crippen molar-refractivity contribution < 1.29 is 17.6 Å². The lowest BCUT2D eigenvalue weighted by atomic mass is 9.98. The van der Waals surface area contributed by atoms with E-state index in [0.29, 0.717) is 44.9 Å². The van der Waals surface area contributed by atoms with Crippen LogP contribution >= 0.6 is 11.6 Å². The zero-order valence-corrected chi connectivity index (χ0v) is 22.2. The highest BCUT2D eigenvalue weighted by atomic mass is 35.5. The lowest BCUT2D eigenvalue weighted by Gasteiger charge is -2.13. The van der Waals surface area contributed by atoms with Crippen LogP contribution in [0.25, 0.3) is 33.3 Å². The molecule has 7 nitrogen and oxygen atoms in total. The van der Waals surface area contributed by atoms with Gasteiger partial charge in [-0.3, -0.25) is 9.48 Å². The number of hydrogen-bond donors (Lipinski definition) is 2. The zero-order valence-electron chi connectivity index (χ0n) is 20.6. The monoisotopic (exact) mass is 550 g/mol. The molecule has 2 N–H and O–H groups in total. The number of aromatic nitrogens is 3. The van der Waals surface area contributed by atoms with Crippen molar-refractivity contribution in [2.24, 2.45) is 0 Å². The molecule has 0 unspecified atom stereocenters. The molecule has 1 amide bonds. The summed E-state index contributed by atoms with van der Waals surface area (Å²) < 4.78 is 41.5. The second-order valence-corrected chi connectivity index (χ2v) is 11.2. The standard InChI is InChI=1S/C28H24ClFN4O3S/c1-3-17-4-6-18(7-5-17)16-34-27(23(15-31-34)19-8-11-21(30)12-9-19)25-22-13-10-20(29)14-24(22)32-26(25)28(35)33-38(2,36)37/h4-15,32H,3,16H2,1-2H3,(H,33,35). The van der Waals surface area contributed by atoms with E-state index in [1.165, 1.54) is 17.7 Å². The Bertz CT molecular complexity index is 1760. The number of carbonyl (C=O) groups is 1. The Morgan fingerprint density at radius 1 is 1.05 bits per heavy atom. The minimum Gasteiger partial charge on any atom is -0.350 e. The Labute approximate surface area is 224 Å². The van der Waals surface area contributed by atoms with E-state index in [0.717, 1.165) is 18.2 Å². The number of hydrogen-bond acceptors (Lipinski definition) is 4. The lowest BCUT2D eigenvalue weighted by molar-refractivity contribution is 0.0978. The molecule has 5 rings (SSSR count). The smallest absolute Gasteiger partial charge is 0.281 e. The largest absolute Gasteiger partial charge is 0.350 e. The van der Waals surface area contributed by atoms with Gasteiger partial charge in [-0.15, -0.1) is 0 Å². The molecule has 0 aliphatic heterocycles. The van der Waals surface area contributed by atoms with Gasteiger partial charge in [0.2, 0.25) is 10.0 Å². The number of carbonyl (C=O) groups excluding carboxylic acids is 1. The van der Waals surface area contributed by atoms with Crippen molar-refractivity contribution in [2.45, 2.75) is 19.9 Å². The number of benzene rings is 3. The topological polar surface area (TPSA) is 96.8 Å². The van der Waals surface area contributed by atoms with E-state index in [1.54, 1.807) is 41.2 Å². The lowest BCUT2D eigenvalue weighted by Crippen LogP contribution is -2.30. The van der Waals surface area contributed by atoms with Crippen LogP contribution in [0.1, 0.15) is 28.5 Å². The summed E-state index contributed by atoms with van der Waals surface area (Å²) >= 11 is 6.23. The predicted molar refractivity (Wildman–Crippen MR) is 147 cm³/mol. The van der Waals surface area contributed by atoms with Gasteiger partial charge in [0.05, 0.1) is 24.7 Å². The van der Waals surface area contributed by atoms with Gasteiger partial charge >= 0.3 is 0 Å². The van der Waals surface area contributed by atoms with Crippen LogP contribution in [0.4, 0.5) is 4.39 Å². The summed E-state index contributed by atoms with van der Waals surface area (Å²) in [6.07, 6.45) is 3.49. The molecule has 5 aromatic rings. The normalized spacial score (nSPS) is 11.7. The number of sulfonamides is 1. The second-order valence-electron chi connectivity index (χ2n) is 9.01. The third-order valence-corrected chi connectivity index (χ3v) is 7.05. The van der Waals surface area contributed by atoms with Crippen molar-refractivity contribution in [3.05, 3.63) is 101 Å². The second kappa shape index (κ2) is 10.1. The van der Waals surface area contributed by atoms with E-state index in [4.69, 9.17) is 11.6 Å². The molecular formula is C28H24ClFN4O3S. The number of aryl methyl sites for hydroxylation is 1. The first-order valence-electron chi connectivity index (χ1n) is 11.9. The molecule has 3 aromatic carbocycles. The predicted octanol–water partition coefficient (Wildman–Crippen LogP) is 5.79. The molecule has 0 spiro atoms. The SMILES string of the molecule is CCc1ccc(Cn2ncc(-c3ccc(F)cc3)c2-c2c(C(=O)NS(C)(=O)=O)[nH]c3cc(Cl)ccc23)cc1. The van der Waals surface area contributed by atoms with Gasteiger partial charge in [-0.2, -0.15) is 5.10 Å². The van der Waals surface area contributed by atoms with Crippen molar-refractivity contribution in [1.82, 2.24) is 19.5 Å². The van der Waals surface area contributed by atoms with Gasteiger partial charge in [0, 0.05) is 27.1 Å². The maximum Gasteiger partial charge on any atom is 0.281 e. The molecule has 2 heterocycles. The van der Waals surface area contributed by atoms with Crippen LogP contribution in [0.15, 0.2) is 72.9 Å². The van der Waals surface area contributed by atoms with Crippen LogP contribution in [0.5, 0.6) is 0 Å². The molecular weight excluding hydrogens is 527 g/mol. The van der Waals surface area contributed by atoms with Crippen LogP contribution in [-0.4, -0.2) is 35.3 Å². The highest BCUT2D eigenvalue weighted by Crippen LogP contribution is 2.40. The summed E-state index contributed by atoms with van der Waals surface area (Å²) in [5.74, 6) is -1.20. The Hall–Kier alpha value is -3.95. The third kappa shape index (κ3) is 5.20. The fraction of sp³-hybridized carbons (Fsp3) is 0.143. The summed E-state index contributed by atoms with van der Waals surface area (Å²) in [5.41, 5.74) is 5.15. The van der Waals surface area contributed by atoms with Gasteiger partial charge in [0.1, 0.15) is 11.5 Å². The van der Waals surface area contributed by atoms with Crippen LogP contribution in [0, 0.1) is 5.82 Å². The average molecular weight is 551 g/mol. The Balaban J connectivity index is 1.77. The number of halogens is 2. The maximum atomic E-state index is 13.8. The van der Waals surface area contributed by atoms with Crippen LogP contribution in [-0.2, 0) is 23.0 Å². The molecule has 0 fully saturated rings. The van der Waals surface area contributed by atoms with Gasteiger partial charge in [-0.05, 0) is 47.4 Å². The minimum absolute atomic E-state index is 0.0409. The molecule has 0 bridgehead atoms. The quantitative estimate of drug-likeness (QED) is 0.268. The fourth-order valence-electron chi connectivity index (χ4n) is 4.47. The van der Waals surface area contributed by atoms with E-state index in [-0.39, 0.29) is 11.5 Å². The third-order valence-electron chi connectivity index (χ3n) is 6.26. The molecule has 0 atom stereocenters. The first-order chi connectivity index (χ1) is 18.1. The summed E-state index contributed by atoms with van der Waals surface area (Å²) in [4.78, 5) is 16.3. The number of aromatic amines is 1. The van der Waals surface area contributed by atoms with Crippen molar-refractivity contribution >= 4 is 38.4 Å². The molecule has 0 aliphatic rings. The first kappa shape index (κ1) is 25.7. The van der Waals surface area contributed by atoms with Crippen molar-refractivity contribution in [3.8, 4) is 22.4 Å². The number of rotatable bonds is 7. The van der Waals surface area contributed by atoms with E-state index in [9.17, 15) is 17.6 Å². The molecule has 0 aliphatic carbocycles. The van der Waals surface area contributed by atoms with Crippen LogP contribution < -0.4 is 4.72 Å². The van der Waals surface area contributed by atoms with Crippen molar-refractivity contribution in [3.63, 3.8) is 0 Å². The fourth-order valence-corrected chi connectivity index (χ4v) is 5.08. The van der Waals surface area contributed by atoms with Crippen LogP contribution in [0.3, 0.4) is 0 Å². The van der Waals surface area contributed by atoms with E-state index >= 15 is 0 Å². The van der Waals surface area contributed by atoms with Gasteiger partial charge in [-0.1, -0.05) is 61.0 Å². The number of nitrogens with one attached hydrogen (secondary N) is 2. The summed E-state index contributed by atoms with van der Waals surface area (Å²) in [6.45, 7) is 2.47. The number of H-pyrrole nitrogens is 1. The molecule has 0 saturated carbocycles. The van der Waals surface area contributed by atoms with Gasteiger partial charge in [0.15, 0.2) is 0 Å². The van der Waals surface area contributed by atoms with Crippen LogP contribution in [0.2, 0.25) is 5.02 Å². The number of fused-ring (bicyclic) bond motifs is 1. The molecule has 194 valence electrons. The Morgan fingerprint density at radius 2 is 1.74 bits per heavy atom. The zero-order chi connectivity index (χ0) is 27.0.